The fourth-order valence-electron chi connectivity index (χ4n) is 0.935. The maximum Gasteiger partial charge on any atom is 0.323 e. The molecule has 1 atom stereocenters. The van der Waals surface area contributed by atoms with E-state index in [0.717, 1.165) is 6.42 Å². The lowest BCUT2D eigenvalue weighted by molar-refractivity contribution is -0.147. The summed E-state index contributed by atoms with van der Waals surface area (Å²) in [6.45, 7) is 5.31. The van der Waals surface area contributed by atoms with Crippen LogP contribution in [0.25, 0.3) is 0 Å². The Balaban J connectivity index is 3.48. The second-order valence-electron chi connectivity index (χ2n) is 2.61. The van der Waals surface area contributed by atoms with Gasteiger partial charge in [-0.2, -0.15) is 0 Å². The van der Waals surface area contributed by atoms with E-state index < -0.39 is 0 Å². The molecule has 1 unspecified atom stereocenters. The smallest absolute Gasteiger partial charge is 0.323 e. The summed E-state index contributed by atoms with van der Waals surface area (Å²) >= 11 is 0. The van der Waals surface area contributed by atoms with Gasteiger partial charge in [0.05, 0.1) is 6.61 Å². The molecule has 0 aliphatic rings. The minimum absolute atomic E-state index is 0.193. The van der Waals surface area contributed by atoms with E-state index in [-0.39, 0.29) is 12.0 Å². The summed E-state index contributed by atoms with van der Waals surface area (Å²) in [5.74, 6) is -0.204. The van der Waals surface area contributed by atoms with Crippen LogP contribution in [0.15, 0.2) is 0 Å². The van der Waals surface area contributed by atoms with Crippen molar-refractivity contribution in [2.24, 2.45) is 0 Å². The zero-order valence-electron chi connectivity index (χ0n) is 8.63. The lowest BCUT2D eigenvalue weighted by atomic mass is 10.2. The summed E-state index contributed by atoms with van der Waals surface area (Å²) < 4.78 is 9.99. The molecule has 0 rings (SSSR count). The summed E-state index contributed by atoms with van der Waals surface area (Å²) in [4.78, 5) is 11.2. The molecular weight excluding hydrogens is 170 g/mol. The second-order valence-corrected chi connectivity index (χ2v) is 2.61. The van der Waals surface area contributed by atoms with Gasteiger partial charge in [-0.05, 0) is 20.4 Å². The van der Waals surface area contributed by atoms with Crippen LogP contribution < -0.4 is 5.32 Å². The topological polar surface area (TPSA) is 47.6 Å². The highest BCUT2D eigenvalue weighted by atomic mass is 16.6. The summed E-state index contributed by atoms with van der Waals surface area (Å²) in [6, 6.07) is -0.193. The predicted octanol–water partition coefficient (Wildman–Crippen LogP) is 0.564. The molecule has 0 spiro atoms. The third-order valence-corrected chi connectivity index (χ3v) is 1.72. The summed E-state index contributed by atoms with van der Waals surface area (Å²) in [6.07, 6.45) is 0.740. The van der Waals surface area contributed by atoms with Crippen molar-refractivity contribution in [3.63, 3.8) is 0 Å². The maximum absolute atomic E-state index is 11.2. The van der Waals surface area contributed by atoms with Gasteiger partial charge in [0.25, 0.3) is 0 Å². The van der Waals surface area contributed by atoms with Gasteiger partial charge in [0, 0.05) is 6.61 Å². The molecule has 0 aromatic heterocycles. The monoisotopic (exact) mass is 189 g/mol. The van der Waals surface area contributed by atoms with Crippen LogP contribution in [0.3, 0.4) is 0 Å². The third kappa shape index (κ3) is 5.60. The molecule has 0 aliphatic carbocycles. The van der Waals surface area contributed by atoms with E-state index in [1.54, 1.807) is 7.05 Å². The number of carbonyl (C=O) groups excluding carboxylic acids is 1. The van der Waals surface area contributed by atoms with Gasteiger partial charge in [0.15, 0.2) is 0 Å². The Morgan fingerprint density at radius 2 is 2.08 bits per heavy atom. The minimum atomic E-state index is -0.204. The van der Waals surface area contributed by atoms with E-state index in [9.17, 15) is 4.79 Å². The van der Waals surface area contributed by atoms with E-state index in [2.05, 4.69) is 5.32 Å². The number of carbonyl (C=O) groups is 1. The fraction of sp³-hybridized carbons (Fsp3) is 0.889. The lowest BCUT2D eigenvalue weighted by Crippen LogP contribution is -2.35. The second kappa shape index (κ2) is 8.01. The average molecular weight is 189 g/mol. The average Bonchev–Trinajstić information content (AvgIpc) is 2.14. The van der Waals surface area contributed by atoms with E-state index in [1.165, 1.54) is 0 Å². The molecular formula is C9H19NO3. The number of hydrogen-bond donors (Lipinski definition) is 1. The SMILES string of the molecule is CCOCCOC(=O)C(CC)NC. The first-order valence-electron chi connectivity index (χ1n) is 4.67. The van der Waals surface area contributed by atoms with E-state index in [1.807, 2.05) is 13.8 Å². The Kier molecular flexibility index (Phi) is 7.63. The standard InChI is InChI=1S/C9H19NO3/c1-4-8(10-3)9(11)13-7-6-12-5-2/h8,10H,4-7H2,1-3H3. The van der Waals surface area contributed by atoms with E-state index in [0.29, 0.717) is 19.8 Å². The van der Waals surface area contributed by atoms with Crippen molar-refractivity contribution in [3.05, 3.63) is 0 Å². The Labute approximate surface area is 79.6 Å². The Bertz CT molecular complexity index is 135. The van der Waals surface area contributed by atoms with Crippen molar-refractivity contribution in [3.8, 4) is 0 Å². The number of ether oxygens (including phenoxy) is 2. The number of likely N-dealkylation sites (N-methyl/N-ethyl adjacent to an activating group) is 1. The molecule has 0 fully saturated rings. The molecule has 0 aliphatic heterocycles. The third-order valence-electron chi connectivity index (χ3n) is 1.72. The van der Waals surface area contributed by atoms with Crippen molar-refractivity contribution >= 4 is 5.97 Å². The zero-order chi connectivity index (χ0) is 10.1. The van der Waals surface area contributed by atoms with Crippen LogP contribution in [0.4, 0.5) is 0 Å². The van der Waals surface area contributed by atoms with Crippen molar-refractivity contribution in [1.29, 1.82) is 0 Å². The Morgan fingerprint density at radius 1 is 1.38 bits per heavy atom. The van der Waals surface area contributed by atoms with Crippen LogP contribution in [0.2, 0.25) is 0 Å². The molecule has 0 saturated carbocycles. The van der Waals surface area contributed by atoms with Gasteiger partial charge in [-0.15, -0.1) is 0 Å². The molecule has 0 amide bonds. The first kappa shape index (κ1) is 12.4. The summed E-state index contributed by atoms with van der Waals surface area (Å²) in [5, 5.41) is 2.88. The molecule has 0 radical (unpaired) electrons. The van der Waals surface area contributed by atoms with Gasteiger partial charge in [-0.25, -0.2) is 0 Å². The molecule has 0 heterocycles. The van der Waals surface area contributed by atoms with Crippen molar-refractivity contribution in [2.45, 2.75) is 26.3 Å². The predicted molar refractivity (Wildman–Crippen MR) is 50.6 cm³/mol. The van der Waals surface area contributed by atoms with Crippen LogP contribution in [-0.4, -0.2) is 38.9 Å². The zero-order valence-corrected chi connectivity index (χ0v) is 8.63. The highest BCUT2D eigenvalue weighted by Gasteiger charge is 2.14. The number of rotatable bonds is 7. The number of esters is 1. The molecule has 1 N–H and O–H groups in total. The Morgan fingerprint density at radius 3 is 2.54 bits per heavy atom. The first-order chi connectivity index (χ1) is 6.26. The minimum Gasteiger partial charge on any atom is -0.462 e. The maximum atomic E-state index is 11.2. The first-order valence-corrected chi connectivity index (χ1v) is 4.67. The van der Waals surface area contributed by atoms with E-state index >= 15 is 0 Å². The van der Waals surface area contributed by atoms with Gasteiger partial charge in [-0.1, -0.05) is 6.92 Å². The normalized spacial score (nSPS) is 12.5. The van der Waals surface area contributed by atoms with Crippen LogP contribution in [0.1, 0.15) is 20.3 Å². The molecule has 78 valence electrons. The molecule has 0 saturated heterocycles. The van der Waals surface area contributed by atoms with Crippen LogP contribution in [-0.2, 0) is 14.3 Å². The molecule has 4 heteroatoms. The molecule has 13 heavy (non-hydrogen) atoms. The van der Waals surface area contributed by atoms with Gasteiger partial charge in [-0.3, -0.25) is 4.79 Å². The lowest BCUT2D eigenvalue weighted by Gasteiger charge is -2.12. The van der Waals surface area contributed by atoms with Crippen molar-refractivity contribution in [1.82, 2.24) is 5.32 Å². The summed E-state index contributed by atoms with van der Waals surface area (Å²) in [7, 11) is 1.75. The van der Waals surface area contributed by atoms with Crippen LogP contribution in [0, 0.1) is 0 Å². The molecule has 4 nitrogen and oxygen atoms in total. The van der Waals surface area contributed by atoms with Gasteiger partial charge in [0.1, 0.15) is 12.6 Å². The van der Waals surface area contributed by atoms with Crippen LogP contribution in [0.5, 0.6) is 0 Å². The largest absolute Gasteiger partial charge is 0.462 e. The Hall–Kier alpha value is -0.610. The number of hydrogen-bond acceptors (Lipinski definition) is 4. The quantitative estimate of drug-likeness (QED) is 0.469. The fourth-order valence-corrected chi connectivity index (χ4v) is 0.935. The number of nitrogens with one attached hydrogen (secondary N) is 1. The molecule has 0 bridgehead atoms. The van der Waals surface area contributed by atoms with Gasteiger partial charge in [0.2, 0.25) is 0 Å². The molecule has 0 aromatic rings. The van der Waals surface area contributed by atoms with E-state index in [4.69, 9.17) is 9.47 Å². The van der Waals surface area contributed by atoms with Gasteiger partial charge < -0.3 is 14.8 Å². The van der Waals surface area contributed by atoms with Crippen molar-refractivity contribution in [2.75, 3.05) is 26.9 Å². The molecule has 0 aromatic carbocycles. The summed E-state index contributed by atoms with van der Waals surface area (Å²) in [5.41, 5.74) is 0. The highest BCUT2D eigenvalue weighted by Crippen LogP contribution is 1.93. The highest BCUT2D eigenvalue weighted by molar-refractivity contribution is 5.75. The van der Waals surface area contributed by atoms with Crippen LogP contribution >= 0.6 is 0 Å². The van der Waals surface area contributed by atoms with Gasteiger partial charge >= 0.3 is 5.97 Å². The van der Waals surface area contributed by atoms with Crippen molar-refractivity contribution < 1.29 is 14.3 Å².